The van der Waals surface area contributed by atoms with Gasteiger partial charge in [0.2, 0.25) is 0 Å². The van der Waals surface area contributed by atoms with E-state index in [0.29, 0.717) is 15.1 Å². The van der Waals surface area contributed by atoms with E-state index in [0.717, 1.165) is 27.5 Å². The second kappa shape index (κ2) is 7.89. The number of imidazole rings is 1. The highest BCUT2D eigenvalue weighted by molar-refractivity contribution is 7.97. The molecule has 0 aliphatic heterocycles. The molecule has 3 aromatic rings. The van der Waals surface area contributed by atoms with Crippen LogP contribution in [0.25, 0.3) is 11.3 Å². The fraction of sp³-hybridized carbons (Fsp3) is 0.118. The Kier molecular flexibility index (Phi) is 5.81. The Labute approximate surface area is 165 Å². The number of nitrogens with zero attached hydrogens (tertiary/aromatic N) is 2. The first-order valence-electron chi connectivity index (χ1n) is 7.35. The number of halogens is 3. The van der Waals surface area contributed by atoms with Gasteiger partial charge in [0.15, 0.2) is 0 Å². The number of aromatic nitrogens is 2. The van der Waals surface area contributed by atoms with Crippen LogP contribution < -0.4 is 10.0 Å². The van der Waals surface area contributed by atoms with Crippen molar-refractivity contribution in [3.05, 3.63) is 57.9 Å². The molecular formula is C17H15Cl3N4S. The molecule has 0 amide bonds. The van der Waals surface area contributed by atoms with Gasteiger partial charge in [-0.25, -0.2) is 4.98 Å². The van der Waals surface area contributed by atoms with Crippen molar-refractivity contribution in [2.45, 2.75) is 4.90 Å². The smallest absolute Gasteiger partial charge is 0.0951 e. The first-order valence-corrected chi connectivity index (χ1v) is 9.30. The van der Waals surface area contributed by atoms with Gasteiger partial charge in [0.25, 0.3) is 0 Å². The lowest BCUT2D eigenvalue weighted by Gasteiger charge is -2.14. The van der Waals surface area contributed by atoms with Crippen LogP contribution in [0.15, 0.2) is 47.8 Å². The van der Waals surface area contributed by atoms with Crippen LogP contribution >= 0.6 is 46.8 Å². The molecule has 3 rings (SSSR count). The maximum Gasteiger partial charge on any atom is 0.0951 e. The number of anilines is 2. The fourth-order valence-electron chi connectivity index (χ4n) is 2.36. The minimum Gasteiger partial charge on any atom is -0.355 e. The second-order valence-corrected chi connectivity index (χ2v) is 7.59. The minimum absolute atomic E-state index is 0.347. The van der Waals surface area contributed by atoms with E-state index in [-0.39, 0.29) is 0 Å². The lowest BCUT2D eigenvalue weighted by atomic mass is 10.1. The molecule has 0 spiro atoms. The summed E-state index contributed by atoms with van der Waals surface area (Å²) in [5.41, 5.74) is 3.50. The van der Waals surface area contributed by atoms with Crippen molar-refractivity contribution in [3.8, 4) is 11.3 Å². The van der Waals surface area contributed by atoms with Gasteiger partial charge in [-0.15, -0.1) is 0 Å². The molecule has 1 aromatic heterocycles. The van der Waals surface area contributed by atoms with Gasteiger partial charge in [-0.3, -0.25) is 4.72 Å². The number of nitrogens with one attached hydrogen (secondary N) is 2. The van der Waals surface area contributed by atoms with Gasteiger partial charge in [-0.05, 0) is 49.3 Å². The molecule has 25 heavy (non-hydrogen) atoms. The lowest BCUT2D eigenvalue weighted by Crippen LogP contribution is -1.96. The monoisotopic (exact) mass is 412 g/mol. The SMILES string of the molecule is CNSc1ccc(Nc2cc(Cl)c(Cl)c(Cl)c2)c(-c2cn(C)cn2)c1. The third kappa shape index (κ3) is 4.25. The number of aryl methyl sites for hydroxylation is 1. The topological polar surface area (TPSA) is 41.9 Å². The summed E-state index contributed by atoms with van der Waals surface area (Å²) in [6.07, 6.45) is 3.74. The van der Waals surface area contributed by atoms with Crippen LogP contribution in [0.2, 0.25) is 15.1 Å². The van der Waals surface area contributed by atoms with Crippen molar-refractivity contribution < 1.29 is 0 Å². The molecule has 8 heteroatoms. The normalized spacial score (nSPS) is 10.9. The van der Waals surface area contributed by atoms with Gasteiger partial charge in [0.1, 0.15) is 0 Å². The molecule has 4 nitrogen and oxygen atoms in total. The highest BCUT2D eigenvalue weighted by Crippen LogP contribution is 2.37. The average Bonchev–Trinajstić information content (AvgIpc) is 3.00. The minimum atomic E-state index is 0.347. The molecule has 2 aromatic carbocycles. The van der Waals surface area contributed by atoms with Gasteiger partial charge < -0.3 is 9.88 Å². The van der Waals surface area contributed by atoms with Crippen LogP contribution in [-0.4, -0.2) is 16.6 Å². The first kappa shape index (κ1) is 18.4. The molecule has 0 bridgehead atoms. The highest BCUT2D eigenvalue weighted by atomic mass is 35.5. The van der Waals surface area contributed by atoms with Crippen molar-refractivity contribution in [2.75, 3.05) is 12.4 Å². The van der Waals surface area contributed by atoms with E-state index in [2.05, 4.69) is 21.1 Å². The van der Waals surface area contributed by atoms with Crippen molar-refractivity contribution in [1.82, 2.24) is 14.3 Å². The van der Waals surface area contributed by atoms with Crippen LogP contribution in [0.1, 0.15) is 0 Å². The molecule has 0 unspecified atom stereocenters. The van der Waals surface area contributed by atoms with Gasteiger partial charge in [0, 0.05) is 35.1 Å². The van der Waals surface area contributed by atoms with Crippen LogP contribution in [0.3, 0.4) is 0 Å². The van der Waals surface area contributed by atoms with Crippen molar-refractivity contribution in [2.24, 2.45) is 7.05 Å². The summed E-state index contributed by atoms with van der Waals surface area (Å²) in [7, 11) is 3.82. The van der Waals surface area contributed by atoms with Crippen molar-refractivity contribution in [1.29, 1.82) is 0 Å². The van der Waals surface area contributed by atoms with Gasteiger partial charge >= 0.3 is 0 Å². The number of hydrogen-bond acceptors (Lipinski definition) is 4. The summed E-state index contributed by atoms with van der Waals surface area (Å²) in [5, 5.41) is 4.50. The van der Waals surface area contributed by atoms with E-state index in [1.54, 1.807) is 30.4 Å². The zero-order valence-electron chi connectivity index (χ0n) is 13.5. The van der Waals surface area contributed by atoms with E-state index in [1.165, 1.54) is 0 Å². The van der Waals surface area contributed by atoms with Gasteiger partial charge in [-0.2, -0.15) is 0 Å². The van der Waals surface area contributed by atoms with Crippen molar-refractivity contribution >= 4 is 58.1 Å². The van der Waals surface area contributed by atoms with E-state index in [9.17, 15) is 0 Å². The zero-order chi connectivity index (χ0) is 18.0. The van der Waals surface area contributed by atoms with E-state index >= 15 is 0 Å². The van der Waals surface area contributed by atoms with Crippen LogP contribution in [-0.2, 0) is 7.05 Å². The Morgan fingerprint density at radius 1 is 1.08 bits per heavy atom. The Bertz CT molecular complexity index is 888. The summed E-state index contributed by atoms with van der Waals surface area (Å²) < 4.78 is 4.99. The second-order valence-electron chi connectivity index (χ2n) is 5.32. The van der Waals surface area contributed by atoms with Crippen molar-refractivity contribution in [3.63, 3.8) is 0 Å². The predicted octanol–water partition coefficient (Wildman–Crippen LogP) is 6.02. The first-order chi connectivity index (χ1) is 12.0. The average molecular weight is 414 g/mol. The Morgan fingerprint density at radius 2 is 1.80 bits per heavy atom. The van der Waals surface area contributed by atoms with Crippen LogP contribution in [0, 0.1) is 0 Å². The van der Waals surface area contributed by atoms with Gasteiger partial charge in [-0.1, -0.05) is 34.8 Å². The molecule has 2 N–H and O–H groups in total. The van der Waals surface area contributed by atoms with Gasteiger partial charge in [0.05, 0.1) is 27.1 Å². The molecule has 0 radical (unpaired) electrons. The third-order valence-electron chi connectivity index (χ3n) is 3.45. The van der Waals surface area contributed by atoms with Crippen LogP contribution in [0.5, 0.6) is 0 Å². The lowest BCUT2D eigenvalue weighted by molar-refractivity contribution is 0.913. The highest BCUT2D eigenvalue weighted by Gasteiger charge is 2.12. The molecule has 130 valence electrons. The molecule has 0 saturated carbocycles. The summed E-state index contributed by atoms with van der Waals surface area (Å²) in [6.45, 7) is 0. The Morgan fingerprint density at radius 3 is 2.40 bits per heavy atom. The molecule has 0 atom stereocenters. The molecule has 0 fully saturated rings. The predicted molar refractivity (Wildman–Crippen MR) is 108 cm³/mol. The van der Waals surface area contributed by atoms with Crippen LogP contribution in [0.4, 0.5) is 11.4 Å². The zero-order valence-corrected chi connectivity index (χ0v) is 16.6. The van der Waals surface area contributed by atoms with E-state index < -0.39 is 0 Å². The van der Waals surface area contributed by atoms with E-state index in [1.807, 2.05) is 37.0 Å². The number of benzene rings is 2. The molecular weight excluding hydrogens is 399 g/mol. The Balaban J connectivity index is 2.03. The number of rotatable bonds is 5. The molecule has 0 saturated heterocycles. The van der Waals surface area contributed by atoms with E-state index in [4.69, 9.17) is 34.8 Å². The summed E-state index contributed by atoms with van der Waals surface area (Å²) in [5.74, 6) is 0. The number of hydrogen-bond donors (Lipinski definition) is 2. The molecule has 0 aliphatic rings. The summed E-state index contributed by atoms with van der Waals surface area (Å²) in [4.78, 5) is 5.54. The largest absolute Gasteiger partial charge is 0.355 e. The fourth-order valence-corrected chi connectivity index (χ4v) is 3.51. The molecule has 1 heterocycles. The summed E-state index contributed by atoms with van der Waals surface area (Å²) >= 11 is 19.8. The maximum absolute atomic E-state index is 6.13. The summed E-state index contributed by atoms with van der Waals surface area (Å²) in [6, 6.07) is 9.59. The standard InChI is InChI=1S/C17H15Cl3N4S/c1-21-25-11-3-4-15(12(7-11)16-8-24(2)9-22-16)23-10-5-13(18)17(20)14(19)6-10/h3-9,21,23H,1-2H3. The molecule has 0 aliphatic carbocycles. The Hall–Kier alpha value is -1.37. The quantitative estimate of drug-likeness (QED) is 0.396. The maximum atomic E-state index is 6.13. The third-order valence-corrected chi connectivity index (χ3v) is 5.35.